The zero-order chi connectivity index (χ0) is 28.6. The number of hydrogen-bond donors (Lipinski definition) is 1. The molecule has 2 aromatic heterocycles. The highest BCUT2D eigenvalue weighted by Crippen LogP contribution is 2.42. The van der Waals surface area contributed by atoms with Crippen molar-refractivity contribution < 1.29 is 18.8 Å². The van der Waals surface area contributed by atoms with Crippen LogP contribution in [0.2, 0.25) is 0 Å². The van der Waals surface area contributed by atoms with Gasteiger partial charge in [-0.3, -0.25) is 4.79 Å². The van der Waals surface area contributed by atoms with Gasteiger partial charge in [0.1, 0.15) is 29.0 Å². The molecule has 5 rings (SSSR count). The van der Waals surface area contributed by atoms with E-state index in [1.54, 1.807) is 26.4 Å². The smallest absolute Gasteiger partial charge is 0.266 e. The van der Waals surface area contributed by atoms with Gasteiger partial charge in [-0.25, -0.2) is 0 Å². The fraction of sp³-hybridized carbons (Fsp3) is 0.121. The number of oxime groups is 1. The Morgan fingerprint density at radius 1 is 0.951 bits per heavy atom. The van der Waals surface area contributed by atoms with Gasteiger partial charge < -0.3 is 23.9 Å². The van der Waals surface area contributed by atoms with Crippen LogP contribution in [0.25, 0.3) is 22.4 Å². The number of anilines is 1. The molecule has 0 atom stereocenters. The minimum atomic E-state index is -0.454. The van der Waals surface area contributed by atoms with Crippen molar-refractivity contribution in [1.82, 2.24) is 4.57 Å². The van der Waals surface area contributed by atoms with E-state index in [1.807, 2.05) is 95.6 Å². The van der Waals surface area contributed by atoms with Crippen LogP contribution >= 0.6 is 0 Å². The van der Waals surface area contributed by atoms with E-state index in [2.05, 4.69) is 16.5 Å². The molecular formula is C33H28N4O4. The first kappa shape index (κ1) is 27.0. The molecule has 1 N–H and O–H groups in total. The normalized spacial score (nSPS) is 11.1. The lowest BCUT2D eigenvalue weighted by atomic mass is 9.98. The number of carbonyl (C=O) groups is 1. The summed E-state index contributed by atoms with van der Waals surface area (Å²) < 4.78 is 12.8. The number of nitriles is 1. The van der Waals surface area contributed by atoms with E-state index in [4.69, 9.17) is 14.0 Å². The summed E-state index contributed by atoms with van der Waals surface area (Å²) in [7, 11) is 1.60. The summed E-state index contributed by atoms with van der Waals surface area (Å²) in [4.78, 5) is 18.6. The number of rotatable bonds is 10. The minimum absolute atomic E-state index is 0.296. The third kappa shape index (κ3) is 6.05. The Morgan fingerprint density at radius 3 is 2.24 bits per heavy atom. The molecule has 5 aromatic rings. The molecule has 2 heterocycles. The number of carbonyl (C=O) groups excluding carboxylic acids is 1. The second-order valence-corrected chi connectivity index (χ2v) is 9.18. The predicted octanol–water partition coefficient (Wildman–Crippen LogP) is 6.72. The molecule has 204 valence electrons. The Balaban J connectivity index is 1.51. The third-order valence-electron chi connectivity index (χ3n) is 6.54. The maximum atomic E-state index is 13.2. The maximum absolute atomic E-state index is 13.2. The van der Waals surface area contributed by atoms with Gasteiger partial charge in [0.05, 0.1) is 31.3 Å². The lowest BCUT2D eigenvalue weighted by Gasteiger charge is -2.14. The number of methoxy groups -OCH3 is 1. The standard InChI is InChI=1S/C33H28N4O4/c1-23(24-15-17-27(39-2)18-16-24)36-41-22-30(38)35-33-29(20-34)31(25-10-5-3-6-11-25)32(26-12-7-4-8-13-26)37(33)21-28-14-9-19-40-28/h3-19H,21-22H2,1-2H3,(H,35,38)/b36-23-. The summed E-state index contributed by atoms with van der Waals surface area (Å²) in [6.07, 6.45) is 1.60. The summed E-state index contributed by atoms with van der Waals surface area (Å²) in [6, 6.07) is 32.8. The monoisotopic (exact) mass is 544 g/mol. The van der Waals surface area contributed by atoms with Crippen LogP contribution in [0.5, 0.6) is 5.75 Å². The van der Waals surface area contributed by atoms with E-state index < -0.39 is 5.91 Å². The molecule has 0 saturated heterocycles. The maximum Gasteiger partial charge on any atom is 0.266 e. The molecule has 0 aliphatic rings. The molecule has 8 nitrogen and oxygen atoms in total. The first-order valence-corrected chi connectivity index (χ1v) is 13.0. The zero-order valence-electron chi connectivity index (χ0n) is 22.7. The fourth-order valence-electron chi connectivity index (χ4n) is 4.60. The predicted molar refractivity (Wildman–Crippen MR) is 158 cm³/mol. The van der Waals surface area contributed by atoms with Crippen LogP contribution in [-0.4, -0.2) is 29.9 Å². The topological polar surface area (TPSA) is 102 Å². The van der Waals surface area contributed by atoms with E-state index >= 15 is 0 Å². The van der Waals surface area contributed by atoms with Gasteiger partial charge >= 0.3 is 0 Å². The second-order valence-electron chi connectivity index (χ2n) is 9.18. The van der Waals surface area contributed by atoms with Gasteiger partial charge in [0.15, 0.2) is 6.61 Å². The van der Waals surface area contributed by atoms with Gasteiger partial charge in [-0.2, -0.15) is 5.26 Å². The van der Waals surface area contributed by atoms with Crippen LogP contribution in [0.4, 0.5) is 5.82 Å². The lowest BCUT2D eigenvalue weighted by Crippen LogP contribution is -2.20. The van der Waals surface area contributed by atoms with Gasteiger partial charge in [0, 0.05) is 5.56 Å². The summed E-state index contributed by atoms with van der Waals surface area (Å²) >= 11 is 0. The fourth-order valence-corrected chi connectivity index (χ4v) is 4.60. The SMILES string of the molecule is COc1ccc(/C(C)=N\OCC(=O)Nc2c(C#N)c(-c3ccccc3)c(-c3ccccc3)n2Cc2ccco2)cc1. The largest absolute Gasteiger partial charge is 0.497 e. The molecule has 41 heavy (non-hydrogen) atoms. The molecule has 8 heteroatoms. The average molecular weight is 545 g/mol. The molecule has 0 bridgehead atoms. The van der Waals surface area contributed by atoms with Crippen LogP contribution in [0.1, 0.15) is 23.8 Å². The Kier molecular flexibility index (Phi) is 8.27. The van der Waals surface area contributed by atoms with Crippen molar-refractivity contribution >= 4 is 17.4 Å². The second kappa shape index (κ2) is 12.5. The van der Waals surface area contributed by atoms with Crippen molar-refractivity contribution in [1.29, 1.82) is 5.26 Å². The number of hydrogen-bond acceptors (Lipinski definition) is 6. The Labute approximate surface area is 238 Å². The molecule has 0 saturated carbocycles. The van der Waals surface area contributed by atoms with Gasteiger partial charge in [0.2, 0.25) is 0 Å². The van der Waals surface area contributed by atoms with Crippen molar-refractivity contribution in [3.05, 3.63) is 120 Å². The highest BCUT2D eigenvalue weighted by molar-refractivity contribution is 5.99. The first-order chi connectivity index (χ1) is 20.1. The number of aromatic nitrogens is 1. The van der Waals surface area contributed by atoms with Gasteiger partial charge in [0.25, 0.3) is 5.91 Å². The molecule has 0 radical (unpaired) electrons. The number of benzene rings is 3. The van der Waals surface area contributed by atoms with Crippen molar-refractivity contribution in [3.63, 3.8) is 0 Å². The van der Waals surface area contributed by atoms with E-state index in [1.165, 1.54) is 0 Å². The molecule has 3 aromatic carbocycles. The van der Waals surface area contributed by atoms with E-state index in [-0.39, 0.29) is 6.61 Å². The highest BCUT2D eigenvalue weighted by Gasteiger charge is 2.27. The Morgan fingerprint density at radius 2 is 1.63 bits per heavy atom. The van der Waals surface area contributed by atoms with Crippen molar-refractivity contribution in [2.75, 3.05) is 19.0 Å². The van der Waals surface area contributed by atoms with E-state index in [0.717, 1.165) is 33.7 Å². The van der Waals surface area contributed by atoms with Crippen LogP contribution < -0.4 is 10.1 Å². The van der Waals surface area contributed by atoms with Crippen LogP contribution in [0.3, 0.4) is 0 Å². The minimum Gasteiger partial charge on any atom is -0.497 e. The zero-order valence-corrected chi connectivity index (χ0v) is 22.7. The molecule has 0 fully saturated rings. The van der Waals surface area contributed by atoms with Gasteiger partial charge in [-0.05, 0) is 60.0 Å². The van der Waals surface area contributed by atoms with Gasteiger partial charge in [-0.1, -0.05) is 65.8 Å². The molecule has 0 unspecified atom stereocenters. The van der Waals surface area contributed by atoms with Crippen molar-refractivity contribution in [2.24, 2.45) is 5.16 Å². The van der Waals surface area contributed by atoms with E-state index in [9.17, 15) is 10.1 Å². The van der Waals surface area contributed by atoms with Crippen LogP contribution in [0.15, 0.2) is 113 Å². The average Bonchev–Trinajstić information content (AvgIpc) is 3.64. The van der Waals surface area contributed by atoms with Gasteiger partial charge in [-0.15, -0.1) is 0 Å². The first-order valence-electron chi connectivity index (χ1n) is 13.0. The molecular weight excluding hydrogens is 516 g/mol. The summed E-state index contributed by atoms with van der Waals surface area (Å²) in [6.45, 7) is 1.75. The molecule has 0 aliphatic heterocycles. The molecule has 0 aliphatic carbocycles. The molecule has 1 amide bonds. The number of furan rings is 1. The lowest BCUT2D eigenvalue weighted by molar-refractivity contribution is -0.120. The summed E-state index contributed by atoms with van der Waals surface area (Å²) in [5.74, 6) is 1.31. The summed E-state index contributed by atoms with van der Waals surface area (Å²) in [5, 5.41) is 17.4. The molecule has 0 spiro atoms. The Hall–Kier alpha value is -5.55. The van der Waals surface area contributed by atoms with Crippen LogP contribution in [-0.2, 0) is 16.2 Å². The van der Waals surface area contributed by atoms with Crippen molar-refractivity contribution in [3.8, 4) is 34.2 Å². The van der Waals surface area contributed by atoms with Crippen molar-refractivity contribution in [2.45, 2.75) is 13.5 Å². The summed E-state index contributed by atoms with van der Waals surface area (Å²) in [5.41, 5.74) is 5.04. The highest BCUT2D eigenvalue weighted by atomic mass is 16.6. The number of amides is 1. The third-order valence-corrected chi connectivity index (χ3v) is 6.54. The number of ether oxygens (including phenoxy) is 1. The number of nitrogens with zero attached hydrogens (tertiary/aromatic N) is 3. The quantitative estimate of drug-likeness (QED) is 0.155. The number of nitrogens with one attached hydrogen (secondary N) is 1. The Bertz CT molecular complexity index is 1680. The van der Waals surface area contributed by atoms with E-state index in [0.29, 0.717) is 29.4 Å². The van der Waals surface area contributed by atoms with Crippen LogP contribution in [0, 0.1) is 11.3 Å².